The van der Waals surface area contributed by atoms with E-state index in [9.17, 15) is 4.79 Å². The van der Waals surface area contributed by atoms with Gasteiger partial charge in [-0.3, -0.25) is 9.69 Å². The molecule has 2 aromatic carbocycles. The van der Waals surface area contributed by atoms with Crippen molar-refractivity contribution in [3.8, 4) is 23.0 Å². The third-order valence-corrected chi connectivity index (χ3v) is 4.58. The normalized spacial score (nSPS) is 21.4. The van der Waals surface area contributed by atoms with E-state index in [1.165, 1.54) is 0 Å². The fourth-order valence-corrected chi connectivity index (χ4v) is 3.50. The summed E-state index contributed by atoms with van der Waals surface area (Å²) in [5.74, 6) is 2.69. The number of hydrogen-bond acceptors (Lipinski definition) is 6. The van der Waals surface area contributed by atoms with Gasteiger partial charge in [0, 0.05) is 24.8 Å². The number of anilines is 1. The minimum absolute atomic E-state index is 0.0364. The zero-order valence-electron chi connectivity index (χ0n) is 16.0. The van der Waals surface area contributed by atoms with Crippen molar-refractivity contribution in [1.82, 2.24) is 4.90 Å². The summed E-state index contributed by atoms with van der Waals surface area (Å²) in [4.78, 5) is 14.4. The van der Waals surface area contributed by atoms with Gasteiger partial charge in [0.05, 0.1) is 18.8 Å². The van der Waals surface area contributed by atoms with E-state index in [4.69, 9.17) is 18.9 Å². The maximum Gasteiger partial charge on any atom is 0.238 e. The molecule has 2 atom stereocenters. The highest BCUT2D eigenvalue weighted by atomic mass is 16.7. The number of nitrogens with zero attached hydrogens (tertiary/aromatic N) is 1. The van der Waals surface area contributed by atoms with Crippen LogP contribution in [0.4, 0.5) is 5.69 Å². The summed E-state index contributed by atoms with van der Waals surface area (Å²) in [7, 11) is 0. The molecule has 0 spiro atoms. The molecule has 1 saturated heterocycles. The van der Waals surface area contributed by atoms with E-state index in [1.807, 2.05) is 50.2 Å². The maximum atomic E-state index is 12.3. The smallest absolute Gasteiger partial charge is 0.238 e. The minimum atomic E-state index is -0.0364. The summed E-state index contributed by atoms with van der Waals surface area (Å²) in [5, 5.41) is 2.93. The second-order valence-corrected chi connectivity index (χ2v) is 7.14. The first kappa shape index (κ1) is 18.6. The summed E-state index contributed by atoms with van der Waals surface area (Å²) in [6, 6.07) is 12.7. The van der Waals surface area contributed by atoms with Crippen LogP contribution in [0.5, 0.6) is 23.0 Å². The maximum absolute atomic E-state index is 12.3. The van der Waals surface area contributed by atoms with E-state index in [0.717, 1.165) is 24.5 Å². The first-order chi connectivity index (χ1) is 13.5. The molecule has 0 aliphatic carbocycles. The summed E-state index contributed by atoms with van der Waals surface area (Å²) in [6.45, 7) is 6.17. The lowest BCUT2D eigenvalue weighted by Gasteiger charge is -2.34. The fourth-order valence-electron chi connectivity index (χ4n) is 3.50. The van der Waals surface area contributed by atoms with Gasteiger partial charge in [-0.1, -0.05) is 0 Å². The Morgan fingerprint density at radius 3 is 2.46 bits per heavy atom. The largest absolute Gasteiger partial charge is 0.457 e. The van der Waals surface area contributed by atoms with E-state index >= 15 is 0 Å². The van der Waals surface area contributed by atoms with Gasteiger partial charge in [-0.25, -0.2) is 0 Å². The molecule has 1 amide bonds. The zero-order chi connectivity index (χ0) is 19.5. The van der Waals surface area contributed by atoms with Crippen LogP contribution >= 0.6 is 0 Å². The standard InChI is InChI=1S/C21H24N2O5/c1-14-10-23(11-15(2)27-14)12-21(24)22-16-3-5-17(6-4-16)28-18-7-8-19-20(9-18)26-13-25-19/h3-9,14-15H,10-13H2,1-2H3,(H,22,24). The van der Waals surface area contributed by atoms with Gasteiger partial charge >= 0.3 is 0 Å². The van der Waals surface area contributed by atoms with Gasteiger partial charge in [0.15, 0.2) is 11.5 Å². The van der Waals surface area contributed by atoms with Crippen molar-refractivity contribution in [3.63, 3.8) is 0 Å². The molecular formula is C21H24N2O5. The van der Waals surface area contributed by atoms with Crippen molar-refractivity contribution in [2.24, 2.45) is 0 Å². The lowest BCUT2D eigenvalue weighted by Crippen LogP contribution is -2.48. The lowest BCUT2D eigenvalue weighted by molar-refractivity contribution is -0.121. The van der Waals surface area contributed by atoms with E-state index in [-0.39, 0.29) is 24.9 Å². The molecule has 2 unspecified atom stereocenters. The second kappa shape index (κ2) is 8.08. The van der Waals surface area contributed by atoms with E-state index in [1.54, 1.807) is 6.07 Å². The van der Waals surface area contributed by atoms with Gasteiger partial charge in [0.25, 0.3) is 0 Å². The van der Waals surface area contributed by atoms with Crippen molar-refractivity contribution in [3.05, 3.63) is 42.5 Å². The topological polar surface area (TPSA) is 69.3 Å². The Morgan fingerprint density at radius 1 is 1.04 bits per heavy atom. The van der Waals surface area contributed by atoms with E-state index in [0.29, 0.717) is 23.8 Å². The Balaban J connectivity index is 1.31. The highest BCUT2D eigenvalue weighted by molar-refractivity contribution is 5.92. The molecule has 4 rings (SSSR count). The molecule has 0 saturated carbocycles. The van der Waals surface area contributed by atoms with Crippen molar-refractivity contribution in [2.45, 2.75) is 26.1 Å². The van der Waals surface area contributed by atoms with Crippen LogP contribution in [0.1, 0.15) is 13.8 Å². The van der Waals surface area contributed by atoms with Gasteiger partial charge < -0.3 is 24.3 Å². The molecule has 0 aromatic heterocycles. The number of carbonyl (C=O) groups excluding carboxylic acids is 1. The predicted molar refractivity (Wildman–Crippen MR) is 104 cm³/mol. The Labute approximate surface area is 164 Å². The number of hydrogen-bond donors (Lipinski definition) is 1. The first-order valence-corrected chi connectivity index (χ1v) is 9.40. The number of nitrogens with one attached hydrogen (secondary N) is 1. The van der Waals surface area contributed by atoms with Crippen LogP contribution in [-0.2, 0) is 9.53 Å². The first-order valence-electron chi connectivity index (χ1n) is 9.40. The van der Waals surface area contributed by atoms with Crippen molar-refractivity contribution >= 4 is 11.6 Å². The Bertz CT molecular complexity index is 829. The molecule has 2 heterocycles. The van der Waals surface area contributed by atoms with E-state index in [2.05, 4.69) is 10.2 Å². The summed E-state index contributed by atoms with van der Waals surface area (Å²) in [5.41, 5.74) is 0.734. The van der Waals surface area contributed by atoms with Crippen LogP contribution in [0.3, 0.4) is 0 Å². The number of morpholine rings is 1. The molecule has 148 valence electrons. The molecule has 28 heavy (non-hydrogen) atoms. The van der Waals surface area contributed by atoms with Gasteiger partial charge in [0.1, 0.15) is 11.5 Å². The Kier molecular flexibility index (Phi) is 5.36. The zero-order valence-corrected chi connectivity index (χ0v) is 16.0. The monoisotopic (exact) mass is 384 g/mol. The predicted octanol–water partition coefficient (Wildman–Crippen LogP) is 3.26. The number of ether oxygens (including phenoxy) is 4. The van der Waals surface area contributed by atoms with Crippen LogP contribution in [-0.4, -0.2) is 49.4 Å². The molecule has 0 radical (unpaired) electrons. The number of amides is 1. The van der Waals surface area contributed by atoms with Crippen LogP contribution in [0, 0.1) is 0 Å². The van der Waals surface area contributed by atoms with Crippen LogP contribution in [0.2, 0.25) is 0 Å². The molecule has 7 nitrogen and oxygen atoms in total. The van der Waals surface area contributed by atoms with Crippen molar-refractivity contribution < 1.29 is 23.7 Å². The summed E-state index contributed by atoms with van der Waals surface area (Å²) in [6.07, 6.45) is 0.285. The van der Waals surface area contributed by atoms with Crippen molar-refractivity contribution in [2.75, 3.05) is 31.7 Å². The molecule has 1 fully saturated rings. The molecule has 2 aliphatic heterocycles. The Hall–Kier alpha value is -2.77. The minimum Gasteiger partial charge on any atom is -0.457 e. The second-order valence-electron chi connectivity index (χ2n) is 7.14. The number of benzene rings is 2. The van der Waals surface area contributed by atoms with Crippen LogP contribution in [0.15, 0.2) is 42.5 Å². The summed E-state index contributed by atoms with van der Waals surface area (Å²) < 4.78 is 22.2. The van der Waals surface area contributed by atoms with Gasteiger partial charge in [-0.2, -0.15) is 0 Å². The number of rotatable bonds is 5. The fraction of sp³-hybridized carbons (Fsp3) is 0.381. The SMILES string of the molecule is CC1CN(CC(=O)Nc2ccc(Oc3ccc4c(c3)OCO4)cc2)CC(C)O1. The van der Waals surface area contributed by atoms with E-state index < -0.39 is 0 Å². The van der Waals surface area contributed by atoms with Gasteiger partial charge in [-0.15, -0.1) is 0 Å². The van der Waals surface area contributed by atoms with Gasteiger partial charge in [0.2, 0.25) is 12.7 Å². The number of carbonyl (C=O) groups is 1. The number of fused-ring (bicyclic) bond motifs is 1. The highest BCUT2D eigenvalue weighted by Crippen LogP contribution is 2.36. The average molecular weight is 384 g/mol. The highest BCUT2D eigenvalue weighted by Gasteiger charge is 2.23. The van der Waals surface area contributed by atoms with Crippen LogP contribution < -0.4 is 19.5 Å². The molecular weight excluding hydrogens is 360 g/mol. The summed E-state index contributed by atoms with van der Waals surface area (Å²) >= 11 is 0. The Morgan fingerprint density at radius 2 is 1.71 bits per heavy atom. The third kappa shape index (κ3) is 4.55. The molecule has 0 bridgehead atoms. The molecule has 1 N–H and O–H groups in total. The molecule has 2 aromatic rings. The average Bonchev–Trinajstić information content (AvgIpc) is 3.10. The lowest BCUT2D eigenvalue weighted by atomic mass is 10.2. The molecule has 7 heteroatoms. The van der Waals surface area contributed by atoms with Crippen LogP contribution in [0.25, 0.3) is 0 Å². The van der Waals surface area contributed by atoms with Gasteiger partial charge in [-0.05, 0) is 50.2 Å². The third-order valence-electron chi connectivity index (χ3n) is 4.58. The van der Waals surface area contributed by atoms with Crippen molar-refractivity contribution in [1.29, 1.82) is 0 Å². The molecule has 2 aliphatic rings. The quantitative estimate of drug-likeness (QED) is 0.853.